The summed E-state index contributed by atoms with van der Waals surface area (Å²) in [6.45, 7) is 8.12. The van der Waals surface area contributed by atoms with E-state index in [-0.39, 0.29) is 5.91 Å². The van der Waals surface area contributed by atoms with Crippen molar-refractivity contribution in [3.05, 3.63) is 34.5 Å². The Morgan fingerprint density at radius 2 is 2.00 bits per heavy atom. The van der Waals surface area contributed by atoms with Gasteiger partial charge in [-0.3, -0.25) is 4.79 Å². The van der Waals surface area contributed by atoms with Crippen molar-refractivity contribution < 1.29 is 4.79 Å². The van der Waals surface area contributed by atoms with Crippen molar-refractivity contribution in [2.45, 2.75) is 40.2 Å². The molecule has 106 valence electrons. The van der Waals surface area contributed by atoms with Crippen LogP contribution in [-0.2, 0) is 13.0 Å². The number of benzene rings is 1. The lowest BCUT2D eigenvalue weighted by molar-refractivity contribution is 0.0790. The van der Waals surface area contributed by atoms with Gasteiger partial charge >= 0.3 is 0 Å². The molecule has 1 aliphatic rings. The molecule has 0 fully saturated rings. The first kappa shape index (κ1) is 13.2. The Bertz CT molecular complexity index is 697. The third kappa shape index (κ3) is 1.69. The van der Waals surface area contributed by atoms with Gasteiger partial charge in [-0.05, 0) is 50.3 Å². The van der Waals surface area contributed by atoms with E-state index in [0.29, 0.717) is 0 Å². The molecule has 0 atom stereocenters. The zero-order chi connectivity index (χ0) is 14.4. The van der Waals surface area contributed by atoms with Crippen LogP contribution in [0.3, 0.4) is 0 Å². The Balaban J connectivity index is 2.42. The Morgan fingerprint density at radius 1 is 1.25 bits per heavy atom. The molecular formula is C17H22N2O. The van der Waals surface area contributed by atoms with Crippen molar-refractivity contribution in [2.75, 3.05) is 13.6 Å². The van der Waals surface area contributed by atoms with Crippen LogP contribution in [0.2, 0.25) is 0 Å². The Labute approximate surface area is 120 Å². The Hall–Kier alpha value is -1.77. The monoisotopic (exact) mass is 270 g/mol. The van der Waals surface area contributed by atoms with Gasteiger partial charge in [0.25, 0.3) is 5.91 Å². The first-order chi connectivity index (χ1) is 9.56. The highest BCUT2D eigenvalue weighted by molar-refractivity contribution is 6.03. The van der Waals surface area contributed by atoms with Crippen LogP contribution in [0.25, 0.3) is 10.9 Å². The molecule has 20 heavy (non-hydrogen) atoms. The number of nitrogens with zero attached hydrogens (tertiary/aromatic N) is 2. The molecular weight excluding hydrogens is 248 g/mol. The molecule has 2 aromatic rings. The molecule has 3 rings (SSSR count). The molecule has 0 bridgehead atoms. The molecule has 0 radical (unpaired) electrons. The van der Waals surface area contributed by atoms with Gasteiger partial charge in [-0.15, -0.1) is 0 Å². The third-order valence-electron chi connectivity index (χ3n) is 4.64. The maximum atomic E-state index is 12.7. The van der Waals surface area contributed by atoms with E-state index >= 15 is 0 Å². The molecule has 0 spiro atoms. The van der Waals surface area contributed by atoms with Crippen LogP contribution in [-0.4, -0.2) is 29.0 Å². The van der Waals surface area contributed by atoms with Crippen molar-refractivity contribution in [2.24, 2.45) is 0 Å². The van der Waals surface area contributed by atoms with Crippen LogP contribution in [0.1, 0.15) is 40.5 Å². The molecule has 3 nitrogen and oxygen atoms in total. The van der Waals surface area contributed by atoms with Crippen LogP contribution < -0.4 is 0 Å². The lowest BCUT2D eigenvalue weighted by atomic mass is 10.0. The highest BCUT2D eigenvalue weighted by atomic mass is 16.2. The zero-order valence-electron chi connectivity index (χ0n) is 12.8. The predicted octanol–water partition coefficient (Wildman–Crippen LogP) is 3.30. The van der Waals surface area contributed by atoms with Crippen LogP contribution in [0.15, 0.2) is 12.1 Å². The molecule has 2 heterocycles. The first-order valence-electron chi connectivity index (χ1n) is 7.43. The minimum Gasteiger partial charge on any atom is -0.340 e. The number of hydrogen-bond donors (Lipinski definition) is 0. The Kier molecular flexibility index (Phi) is 3.08. The van der Waals surface area contributed by atoms with Gasteiger partial charge in [0, 0.05) is 25.5 Å². The maximum Gasteiger partial charge on any atom is 0.270 e. The molecule has 1 aromatic heterocycles. The molecule has 0 saturated carbocycles. The van der Waals surface area contributed by atoms with E-state index in [1.807, 2.05) is 11.9 Å². The number of carbonyl (C=O) groups excluding carboxylic acids is 1. The second-order valence-corrected chi connectivity index (χ2v) is 5.81. The number of aromatic nitrogens is 1. The fraction of sp³-hybridized carbons (Fsp3) is 0.471. The average molecular weight is 270 g/mol. The molecule has 0 saturated heterocycles. The van der Waals surface area contributed by atoms with Gasteiger partial charge in [-0.2, -0.15) is 0 Å². The average Bonchev–Trinajstić information content (AvgIpc) is 2.68. The number of hydrogen-bond acceptors (Lipinski definition) is 1. The normalized spacial score (nSPS) is 15.6. The zero-order valence-corrected chi connectivity index (χ0v) is 12.8. The minimum absolute atomic E-state index is 0.174. The smallest absolute Gasteiger partial charge is 0.270 e. The minimum atomic E-state index is 0.174. The SMILES string of the molecule is CCn1c2c(c3ccc(C)c(C)c31)CCCN(C)C2=O. The van der Waals surface area contributed by atoms with Gasteiger partial charge in [0.2, 0.25) is 0 Å². The number of aryl methyl sites for hydroxylation is 4. The summed E-state index contributed by atoms with van der Waals surface area (Å²) in [5.74, 6) is 0.174. The van der Waals surface area contributed by atoms with E-state index in [9.17, 15) is 4.79 Å². The fourth-order valence-corrected chi connectivity index (χ4v) is 3.38. The van der Waals surface area contributed by atoms with Gasteiger partial charge in [-0.25, -0.2) is 0 Å². The lowest BCUT2D eigenvalue weighted by Crippen LogP contribution is -2.28. The second kappa shape index (κ2) is 4.65. The fourth-order valence-electron chi connectivity index (χ4n) is 3.38. The van der Waals surface area contributed by atoms with E-state index in [1.54, 1.807) is 0 Å². The number of amides is 1. The number of carbonyl (C=O) groups is 1. The summed E-state index contributed by atoms with van der Waals surface area (Å²) in [4.78, 5) is 14.5. The van der Waals surface area contributed by atoms with Crippen LogP contribution in [0.4, 0.5) is 0 Å². The van der Waals surface area contributed by atoms with Crippen LogP contribution in [0.5, 0.6) is 0 Å². The molecule has 3 heteroatoms. The van der Waals surface area contributed by atoms with Crippen molar-refractivity contribution in [3.63, 3.8) is 0 Å². The first-order valence-corrected chi connectivity index (χ1v) is 7.43. The predicted molar refractivity (Wildman–Crippen MR) is 82.4 cm³/mol. The lowest BCUT2D eigenvalue weighted by Gasteiger charge is -2.16. The van der Waals surface area contributed by atoms with Crippen molar-refractivity contribution in [3.8, 4) is 0 Å². The van der Waals surface area contributed by atoms with Crippen molar-refractivity contribution in [1.29, 1.82) is 0 Å². The summed E-state index contributed by atoms with van der Waals surface area (Å²) in [6.07, 6.45) is 2.04. The molecule has 0 N–H and O–H groups in total. The summed E-state index contributed by atoms with van der Waals surface area (Å²) >= 11 is 0. The van der Waals surface area contributed by atoms with Gasteiger partial charge in [0.15, 0.2) is 0 Å². The van der Waals surface area contributed by atoms with Gasteiger partial charge < -0.3 is 9.47 Å². The van der Waals surface area contributed by atoms with E-state index < -0.39 is 0 Å². The van der Waals surface area contributed by atoms with E-state index in [4.69, 9.17) is 0 Å². The number of rotatable bonds is 1. The van der Waals surface area contributed by atoms with Crippen LogP contribution in [0, 0.1) is 13.8 Å². The van der Waals surface area contributed by atoms with Gasteiger partial charge in [0.05, 0.1) is 5.52 Å². The highest BCUT2D eigenvalue weighted by Crippen LogP contribution is 2.33. The largest absolute Gasteiger partial charge is 0.340 e. The summed E-state index contributed by atoms with van der Waals surface area (Å²) in [5.41, 5.74) is 6.00. The summed E-state index contributed by atoms with van der Waals surface area (Å²) in [6, 6.07) is 4.37. The van der Waals surface area contributed by atoms with Crippen molar-refractivity contribution in [1.82, 2.24) is 9.47 Å². The van der Waals surface area contributed by atoms with E-state index in [1.165, 1.54) is 27.6 Å². The molecule has 0 aliphatic carbocycles. The molecule has 0 unspecified atom stereocenters. The van der Waals surface area contributed by atoms with E-state index in [0.717, 1.165) is 31.6 Å². The summed E-state index contributed by atoms with van der Waals surface area (Å²) in [5, 5.41) is 1.27. The standard InChI is InChI=1S/C17H22N2O/c1-5-19-15-12(3)11(2)8-9-14(15)13-7-6-10-18(4)17(20)16(13)19/h8-9H,5-7,10H2,1-4H3. The van der Waals surface area contributed by atoms with Crippen molar-refractivity contribution >= 4 is 16.8 Å². The molecule has 1 aromatic carbocycles. The quantitative estimate of drug-likeness (QED) is 0.780. The molecule has 1 amide bonds. The summed E-state index contributed by atoms with van der Waals surface area (Å²) < 4.78 is 2.22. The Morgan fingerprint density at radius 3 is 2.70 bits per heavy atom. The van der Waals surface area contributed by atoms with Gasteiger partial charge in [-0.1, -0.05) is 12.1 Å². The topological polar surface area (TPSA) is 25.2 Å². The van der Waals surface area contributed by atoms with Gasteiger partial charge in [0.1, 0.15) is 5.69 Å². The summed E-state index contributed by atoms with van der Waals surface area (Å²) in [7, 11) is 1.91. The molecule has 1 aliphatic heterocycles. The number of fused-ring (bicyclic) bond motifs is 3. The van der Waals surface area contributed by atoms with Crippen LogP contribution >= 0.6 is 0 Å². The van der Waals surface area contributed by atoms with E-state index in [2.05, 4.69) is 37.5 Å². The maximum absolute atomic E-state index is 12.7. The third-order valence-corrected chi connectivity index (χ3v) is 4.64. The highest BCUT2D eigenvalue weighted by Gasteiger charge is 2.27. The second-order valence-electron chi connectivity index (χ2n) is 5.81.